The van der Waals surface area contributed by atoms with Gasteiger partial charge in [-0.25, -0.2) is 4.79 Å². The highest BCUT2D eigenvalue weighted by atomic mass is 16.3. The summed E-state index contributed by atoms with van der Waals surface area (Å²) in [6.45, 7) is 2.66. The van der Waals surface area contributed by atoms with E-state index in [4.69, 9.17) is 5.11 Å². The number of rotatable bonds is 3. The molecule has 74 valence electrons. The van der Waals surface area contributed by atoms with Crippen molar-refractivity contribution in [3.8, 4) is 0 Å². The first-order chi connectivity index (χ1) is 6.26. The van der Waals surface area contributed by atoms with E-state index in [-0.39, 0.29) is 24.6 Å². The van der Waals surface area contributed by atoms with E-state index in [9.17, 15) is 4.79 Å². The molecule has 0 aromatic carbocycles. The van der Waals surface area contributed by atoms with Crippen molar-refractivity contribution < 1.29 is 9.90 Å². The first-order valence-electron chi connectivity index (χ1n) is 4.59. The van der Waals surface area contributed by atoms with Gasteiger partial charge in [0.05, 0.1) is 0 Å². The minimum absolute atomic E-state index is 0.0729. The van der Waals surface area contributed by atoms with Gasteiger partial charge in [-0.2, -0.15) is 0 Å². The lowest BCUT2D eigenvalue weighted by Crippen LogP contribution is -2.40. The minimum atomic E-state index is -0.143. The van der Waals surface area contributed by atoms with Crippen molar-refractivity contribution >= 4 is 6.03 Å². The molecule has 4 heteroatoms. The van der Waals surface area contributed by atoms with Crippen LogP contribution in [0.4, 0.5) is 4.79 Å². The molecular weight excluding hydrogens is 168 g/mol. The number of hydrogen-bond donors (Lipinski definition) is 3. The molecule has 0 aromatic rings. The van der Waals surface area contributed by atoms with Gasteiger partial charge in [0.2, 0.25) is 0 Å². The molecule has 0 aromatic heterocycles. The number of amides is 2. The number of aliphatic hydroxyl groups is 1. The third-order valence-electron chi connectivity index (χ3n) is 2.06. The van der Waals surface area contributed by atoms with Crippen LogP contribution in [0.1, 0.15) is 13.3 Å². The first-order valence-corrected chi connectivity index (χ1v) is 4.59. The normalized spacial score (nSPS) is 26.0. The van der Waals surface area contributed by atoms with Crippen LogP contribution < -0.4 is 10.6 Å². The van der Waals surface area contributed by atoms with Crippen LogP contribution in [0.2, 0.25) is 0 Å². The van der Waals surface area contributed by atoms with Crippen molar-refractivity contribution in [2.24, 2.45) is 5.92 Å². The van der Waals surface area contributed by atoms with Gasteiger partial charge in [0.25, 0.3) is 0 Å². The Morgan fingerprint density at radius 2 is 2.38 bits per heavy atom. The van der Waals surface area contributed by atoms with Gasteiger partial charge in [0, 0.05) is 25.1 Å². The summed E-state index contributed by atoms with van der Waals surface area (Å²) in [5, 5.41) is 14.3. The monoisotopic (exact) mass is 184 g/mol. The molecule has 1 rings (SSSR count). The van der Waals surface area contributed by atoms with E-state index in [2.05, 4.69) is 10.6 Å². The van der Waals surface area contributed by atoms with Crippen molar-refractivity contribution in [1.29, 1.82) is 0 Å². The van der Waals surface area contributed by atoms with Gasteiger partial charge >= 0.3 is 6.03 Å². The average Bonchev–Trinajstić information content (AvgIpc) is 2.52. The molecule has 1 aliphatic rings. The molecule has 0 saturated carbocycles. The zero-order valence-corrected chi connectivity index (χ0v) is 7.79. The second kappa shape index (κ2) is 4.87. The fourth-order valence-corrected chi connectivity index (χ4v) is 1.40. The molecule has 0 aliphatic heterocycles. The summed E-state index contributed by atoms with van der Waals surface area (Å²) in [7, 11) is 0. The van der Waals surface area contributed by atoms with Crippen LogP contribution in [-0.2, 0) is 0 Å². The predicted molar refractivity (Wildman–Crippen MR) is 50.3 cm³/mol. The maximum Gasteiger partial charge on any atom is 0.315 e. The zero-order valence-electron chi connectivity index (χ0n) is 7.79. The predicted octanol–water partition coefficient (Wildman–Crippen LogP) is 0.243. The van der Waals surface area contributed by atoms with Gasteiger partial charge < -0.3 is 15.7 Å². The molecule has 0 saturated heterocycles. The highest BCUT2D eigenvalue weighted by Crippen LogP contribution is 2.16. The van der Waals surface area contributed by atoms with E-state index in [1.165, 1.54) is 0 Å². The summed E-state index contributed by atoms with van der Waals surface area (Å²) in [4.78, 5) is 11.1. The number of carbonyl (C=O) groups is 1. The van der Waals surface area contributed by atoms with Crippen LogP contribution in [-0.4, -0.2) is 30.3 Å². The Morgan fingerprint density at radius 1 is 1.62 bits per heavy atom. The fraction of sp³-hybridized carbons (Fsp3) is 0.667. The molecule has 3 N–H and O–H groups in total. The van der Waals surface area contributed by atoms with E-state index in [1.807, 2.05) is 19.1 Å². The van der Waals surface area contributed by atoms with Gasteiger partial charge in [-0.3, -0.25) is 0 Å². The molecule has 2 atom stereocenters. The quantitative estimate of drug-likeness (QED) is 0.550. The van der Waals surface area contributed by atoms with Crippen LogP contribution >= 0.6 is 0 Å². The van der Waals surface area contributed by atoms with Gasteiger partial charge in [-0.15, -0.1) is 0 Å². The highest BCUT2D eigenvalue weighted by molar-refractivity contribution is 5.74. The largest absolute Gasteiger partial charge is 0.396 e. The highest BCUT2D eigenvalue weighted by Gasteiger charge is 2.18. The summed E-state index contributed by atoms with van der Waals surface area (Å²) in [6, 6.07) is -0.0700. The van der Waals surface area contributed by atoms with Crippen molar-refractivity contribution in [3.05, 3.63) is 12.2 Å². The summed E-state index contributed by atoms with van der Waals surface area (Å²) in [5.74, 6) is 0.201. The molecule has 2 amide bonds. The minimum Gasteiger partial charge on any atom is -0.396 e. The smallest absolute Gasteiger partial charge is 0.315 e. The Bertz CT molecular complexity index is 204. The number of nitrogens with one attached hydrogen (secondary N) is 2. The number of hydrogen-bond acceptors (Lipinski definition) is 2. The topological polar surface area (TPSA) is 61.4 Å². The van der Waals surface area contributed by atoms with E-state index in [0.717, 1.165) is 6.42 Å². The molecule has 0 fully saturated rings. The Morgan fingerprint density at radius 3 is 2.92 bits per heavy atom. The Balaban J connectivity index is 2.25. The number of carbonyl (C=O) groups excluding carboxylic acids is 1. The first kappa shape index (κ1) is 10.1. The maximum absolute atomic E-state index is 11.1. The molecule has 0 heterocycles. The molecule has 0 bridgehead atoms. The summed E-state index contributed by atoms with van der Waals surface area (Å²) in [6.07, 6.45) is 4.67. The van der Waals surface area contributed by atoms with E-state index >= 15 is 0 Å². The van der Waals surface area contributed by atoms with Crippen molar-refractivity contribution in [3.63, 3.8) is 0 Å². The Labute approximate surface area is 78.0 Å². The third-order valence-corrected chi connectivity index (χ3v) is 2.06. The lowest BCUT2D eigenvalue weighted by Gasteiger charge is -2.12. The van der Waals surface area contributed by atoms with Gasteiger partial charge in [-0.1, -0.05) is 12.2 Å². The second-order valence-corrected chi connectivity index (χ2v) is 3.17. The van der Waals surface area contributed by atoms with Crippen molar-refractivity contribution in [2.45, 2.75) is 19.4 Å². The molecule has 1 aliphatic carbocycles. The second-order valence-electron chi connectivity index (χ2n) is 3.17. The van der Waals surface area contributed by atoms with Crippen LogP contribution in [0.5, 0.6) is 0 Å². The summed E-state index contributed by atoms with van der Waals surface area (Å²) >= 11 is 0. The van der Waals surface area contributed by atoms with Crippen LogP contribution in [0.3, 0.4) is 0 Å². The van der Waals surface area contributed by atoms with E-state index in [0.29, 0.717) is 6.54 Å². The molecule has 0 radical (unpaired) electrons. The summed E-state index contributed by atoms with van der Waals surface area (Å²) in [5.41, 5.74) is 0. The van der Waals surface area contributed by atoms with E-state index < -0.39 is 0 Å². The fourth-order valence-electron chi connectivity index (χ4n) is 1.40. The standard InChI is InChI=1S/C9H16N2O2/c1-2-10-9(13)11-8-4-3-7(5-8)6-12/h3-4,7-8,12H,2,5-6H2,1H3,(H2,10,11,13)/t7-,8+/m0/s1. The van der Waals surface area contributed by atoms with Crippen molar-refractivity contribution in [2.75, 3.05) is 13.2 Å². The van der Waals surface area contributed by atoms with Crippen LogP contribution in [0, 0.1) is 5.92 Å². The Hall–Kier alpha value is -1.03. The lowest BCUT2D eigenvalue weighted by molar-refractivity contribution is 0.232. The number of urea groups is 1. The molecular formula is C9H16N2O2. The summed E-state index contributed by atoms with van der Waals surface area (Å²) < 4.78 is 0. The van der Waals surface area contributed by atoms with Gasteiger partial charge in [0.15, 0.2) is 0 Å². The molecule has 13 heavy (non-hydrogen) atoms. The average molecular weight is 184 g/mol. The Kier molecular flexibility index (Phi) is 3.76. The number of aliphatic hydroxyl groups excluding tert-OH is 1. The molecule has 0 unspecified atom stereocenters. The SMILES string of the molecule is CCNC(=O)N[C@@H]1C=C[C@H](CO)C1. The third kappa shape index (κ3) is 3.06. The van der Waals surface area contributed by atoms with Crippen LogP contribution in [0.15, 0.2) is 12.2 Å². The van der Waals surface area contributed by atoms with Crippen molar-refractivity contribution in [1.82, 2.24) is 10.6 Å². The molecule has 0 spiro atoms. The van der Waals surface area contributed by atoms with Gasteiger partial charge in [-0.05, 0) is 13.3 Å². The van der Waals surface area contributed by atoms with Gasteiger partial charge in [0.1, 0.15) is 0 Å². The lowest BCUT2D eigenvalue weighted by atomic mass is 10.1. The maximum atomic E-state index is 11.1. The zero-order chi connectivity index (χ0) is 9.68. The molecule has 4 nitrogen and oxygen atoms in total. The van der Waals surface area contributed by atoms with Crippen LogP contribution in [0.25, 0.3) is 0 Å². The van der Waals surface area contributed by atoms with E-state index in [1.54, 1.807) is 0 Å².